The fourth-order valence-corrected chi connectivity index (χ4v) is 3.83. The zero-order chi connectivity index (χ0) is 20.2. The Labute approximate surface area is 170 Å². The molecule has 9 nitrogen and oxygen atoms in total. The van der Waals surface area contributed by atoms with Crippen molar-refractivity contribution in [3.05, 3.63) is 30.1 Å². The molecule has 4 rings (SSSR count). The summed E-state index contributed by atoms with van der Waals surface area (Å²) in [6.07, 6.45) is 0.181. The number of morpholine rings is 1. The van der Waals surface area contributed by atoms with E-state index in [-0.39, 0.29) is 36.7 Å². The number of halogens is 1. The molecule has 1 aromatic heterocycles. The Bertz CT molecular complexity index is 871. The molecule has 3 heterocycles. The largest absolute Gasteiger partial charge is 0.464 e. The highest BCUT2D eigenvalue weighted by Crippen LogP contribution is 2.26. The fraction of sp³-hybridized carbons (Fsp3) is 0.444. The summed E-state index contributed by atoms with van der Waals surface area (Å²) in [5.74, 6) is 0.105. The van der Waals surface area contributed by atoms with Gasteiger partial charge in [-0.1, -0.05) is 0 Å². The molecule has 0 saturated carbocycles. The number of carbonyl (C=O) groups is 2. The predicted molar refractivity (Wildman–Crippen MR) is 104 cm³/mol. The van der Waals surface area contributed by atoms with Crippen molar-refractivity contribution in [1.82, 2.24) is 14.1 Å². The van der Waals surface area contributed by atoms with Gasteiger partial charge in [0.05, 0.1) is 31.0 Å². The van der Waals surface area contributed by atoms with Crippen LogP contribution < -0.4 is 19.9 Å². The van der Waals surface area contributed by atoms with Crippen LogP contribution in [0.5, 0.6) is 5.88 Å². The SMILES string of the molecule is O=C(COc1nsnc1N1CCOCC1)N[C@@H]1CC(=O)N(c2ccc(F)cc2)C1. The minimum absolute atomic E-state index is 0.124. The van der Waals surface area contributed by atoms with Crippen molar-refractivity contribution in [2.45, 2.75) is 12.5 Å². The van der Waals surface area contributed by atoms with Crippen LogP contribution in [0.1, 0.15) is 6.42 Å². The third-order valence-electron chi connectivity index (χ3n) is 4.72. The van der Waals surface area contributed by atoms with Crippen LogP contribution in [-0.2, 0) is 14.3 Å². The van der Waals surface area contributed by atoms with Crippen molar-refractivity contribution in [3.8, 4) is 5.88 Å². The van der Waals surface area contributed by atoms with Crippen LogP contribution in [0.15, 0.2) is 24.3 Å². The van der Waals surface area contributed by atoms with Gasteiger partial charge >= 0.3 is 0 Å². The Morgan fingerprint density at radius 2 is 2.03 bits per heavy atom. The lowest BCUT2D eigenvalue weighted by atomic mass is 10.2. The van der Waals surface area contributed by atoms with Gasteiger partial charge in [0.2, 0.25) is 11.7 Å². The number of amides is 2. The van der Waals surface area contributed by atoms with Gasteiger partial charge in [-0.15, -0.1) is 4.37 Å². The van der Waals surface area contributed by atoms with Gasteiger partial charge in [-0.05, 0) is 24.3 Å². The molecule has 0 radical (unpaired) electrons. The van der Waals surface area contributed by atoms with E-state index in [4.69, 9.17) is 9.47 Å². The molecule has 0 bridgehead atoms. The summed E-state index contributed by atoms with van der Waals surface area (Å²) in [6, 6.07) is 5.36. The van der Waals surface area contributed by atoms with E-state index >= 15 is 0 Å². The van der Waals surface area contributed by atoms with Crippen molar-refractivity contribution in [3.63, 3.8) is 0 Å². The van der Waals surface area contributed by atoms with E-state index in [0.717, 1.165) is 11.7 Å². The Balaban J connectivity index is 1.29. The fourth-order valence-electron chi connectivity index (χ4n) is 3.31. The zero-order valence-electron chi connectivity index (χ0n) is 15.5. The lowest BCUT2D eigenvalue weighted by Crippen LogP contribution is -2.40. The van der Waals surface area contributed by atoms with Gasteiger partial charge in [-0.25, -0.2) is 4.39 Å². The van der Waals surface area contributed by atoms with Crippen molar-refractivity contribution in [2.24, 2.45) is 0 Å². The highest BCUT2D eigenvalue weighted by atomic mass is 32.1. The Morgan fingerprint density at radius 3 is 2.79 bits per heavy atom. The summed E-state index contributed by atoms with van der Waals surface area (Å²) in [5, 5.41) is 2.80. The molecule has 2 saturated heterocycles. The first-order valence-electron chi connectivity index (χ1n) is 9.23. The average Bonchev–Trinajstić information content (AvgIpc) is 3.34. The minimum atomic E-state index is -0.365. The van der Waals surface area contributed by atoms with E-state index < -0.39 is 0 Å². The van der Waals surface area contributed by atoms with Crippen LogP contribution in [0, 0.1) is 5.82 Å². The molecule has 2 aromatic rings. The van der Waals surface area contributed by atoms with E-state index in [9.17, 15) is 14.0 Å². The topological polar surface area (TPSA) is 96.9 Å². The smallest absolute Gasteiger partial charge is 0.271 e. The van der Waals surface area contributed by atoms with Gasteiger partial charge in [0.1, 0.15) is 5.82 Å². The van der Waals surface area contributed by atoms with E-state index in [0.29, 0.717) is 50.2 Å². The monoisotopic (exact) mass is 421 g/mol. The number of hydrogen-bond donors (Lipinski definition) is 1. The van der Waals surface area contributed by atoms with Crippen molar-refractivity contribution >= 4 is 35.0 Å². The standard InChI is InChI=1S/C18H20FN5O4S/c19-12-1-3-14(4-2-12)24-10-13(9-16(24)26)20-15(25)11-28-18-17(21-29-22-18)23-5-7-27-8-6-23/h1-4,13H,5-11H2,(H,20,25)/t13-/m1/s1. The quantitative estimate of drug-likeness (QED) is 0.737. The van der Waals surface area contributed by atoms with Crippen LogP contribution in [0.2, 0.25) is 0 Å². The van der Waals surface area contributed by atoms with E-state index in [1.807, 2.05) is 4.90 Å². The molecule has 2 amide bonds. The normalized spacial score (nSPS) is 19.5. The van der Waals surface area contributed by atoms with Crippen LogP contribution in [0.4, 0.5) is 15.9 Å². The number of ether oxygens (including phenoxy) is 2. The van der Waals surface area contributed by atoms with Crippen molar-refractivity contribution in [2.75, 3.05) is 49.3 Å². The molecule has 11 heteroatoms. The second-order valence-corrected chi connectivity index (χ2v) is 7.26. The number of benzene rings is 1. The highest BCUT2D eigenvalue weighted by molar-refractivity contribution is 6.99. The van der Waals surface area contributed by atoms with Crippen LogP contribution in [-0.4, -0.2) is 66.1 Å². The number of anilines is 2. The first-order valence-corrected chi connectivity index (χ1v) is 9.96. The Morgan fingerprint density at radius 1 is 1.28 bits per heavy atom. The molecule has 2 aliphatic heterocycles. The first-order chi connectivity index (χ1) is 14.1. The lowest BCUT2D eigenvalue weighted by molar-refractivity contribution is -0.123. The maximum atomic E-state index is 13.1. The number of aromatic nitrogens is 2. The number of nitrogens with zero attached hydrogens (tertiary/aromatic N) is 4. The maximum absolute atomic E-state index is 13.1. The van der Waals surface area contributed by atoms with E-state index in [1.165, 1.54) is 17.0 Å². The second kappa shape index (κ2) is 8.70. The third kappa shape index (κ3) is 4.62. The predicted octanol–water partition coefficient (Wildman–Crippen LogP) is 0.814. The maximum Gasteiger partial charge on any atom is 0.271 e. The molecule has 2 fully saturated rings. The Kier molecular flexibility index (Phi) is 5.86. The summed E-state index contributed by atoms with van der Waals surface area (Å²) in [5.41, 5.74) is 0.605. The summed E-state index contributed by atoms with van der Waals surface area (Å²) in [6.45, 7) is 2.71. The molecule has 1 aromatic carbocycles. The highest BCUT2D eigenvalue weighted by Gasteiger charge is 2.31. The van der Waals surface area contributed by atoms with Gasteiger partial charge in [0, 0.05) is 31.7 Å². The third-order valence-corrected chi connectivity index (χ3v) is 5.22. The average molecular weight is 421 g/mol. The van der Waals surface area contributed by atoms with Crippen LogP contribution in [0.3, 0.4) is 0 Å². The van der Waals surface area contributed by atoms with Crippen molar-refractivity contribution < 1.29 is 23.5 Å². The van der Waals surface area contributed by atoms with Gasteiger partial charge in [-0.2, -0.15) is 4.37 Å². The van der Waals surface area contributed by atoms with Gasteiger partial charge in [0.15, 0.2) is 6.61 Å². The van der Waals surface area contributed by atoms with Crippen LogP contribution in [0.25, 0.3) is 0 Å². The second-order valence-electron chi connectivity index (χ2n) is 6.73. The summed E-state index contributed by atoms with van der Waals surface area (Å²) in [4.78, 5) is 28.1. The number of rotatable bonds is 6. The summed E-state index contributed by atoms with van der Waals surface area (Å²) in [7, 11) is 0. The molecule has 154 valence electrons. The number of carbonyl (C=O) groups excluding carboxylic acids is 2. The molecule has 1 N–H and O–H groups in total. The van der Waals surface area contributed by atoms with Crippen molar-refractivity contribution in [1.29, 1.82) is 0 Å². The molecule has 1 atom stereocenters. The van der Waals surface area contributed by atoms with Gasteiger partial charge < -0.3 is 24.6 Å². The molecular formula is C18H20FN5O4S. The molecule has 29 heavy (non-hydrogen) atoms. The lowest BCUT2D eigenvalue weighted by Gasteiger charge is -2.26. The zero-order valence-corrected chi connectivity index (χ0v) is 16.4. The van der Waals surface area contributed by atoms with Gasteiger partial charge in [-0.3, -0.25) is 9.59 Å². The molecular weight excluding hydrogens is 401 g/mol. The first kappa shape index (κ1) is 19.5. The molecule has 0 unspecified atom stereocenters. The van der Waals surface area contributed by atoms with E-state index in [1.54, 1.807) is 12.1 Å². The number of nitrogens with one attached hydrogen (secondary N) is 1. The molecule has 0 spiro atoms. The summed E-state index contributed by atoms with van der Waals surface area (Å²) < 4.78 is 32.3. The molecule has 0 aliphatic carbocycles. The van der Waals surface area contributed by atoms with Crippen LogP contribution >= 0.6 is 11.7 Å². The van der Waals surface area contributed by atoms with Gasteiger partial charge in [0.25, 0.3) is 11.8 Å². The van der Waals surface area contributed by atoms with E-state index in [2.05, 4.69) is 14.1 Å². The molecule has 2 aliphatic rings. The minimum Gasteiger partial charge on any atom is -0.464 e. The number of hydrogen-bond acceptors (Lipinski definition) is 8. The Hall–Kier alpha value is -2.79. The summed E-state index contributed by atoms with van der Waals surface area (Å²) >= 11 is 1.03.